The number of carbonyl (C=O) groups is 1. The quantitative estimate of drug-likeness (QED) is 0.695. The molecule has 2 aromatic heterocycles. The van der Waals surface area contributed by atoms with Gasteiger partial charge in [-0.1, -0.05) is 35.9 Å². The van der Waals surface area contributed by atoms with E-state index in [-0.39, 0.29) is 17.9 Å². The summed E-state index contributed by atoms with van der Waals surface area (Å²) in [5.74, 6) is -0.515. The number of carbonyl (C=O) groups excluding carboxylic acids is 1. The first kappa shape index (κ1) is 15.9. The van der Waals surface area contributed by atoms with Gasteiger partial charge in [0.1, 0.15) is 11.2 Å². The predicted octanol–water partition coefficient (Wildman–Crippen LogP) is 3.09. The van der Waals surface area contributed by atoms with Crippen molar-refractivity contribution in [2.45, 2.75) is 13.8 Å². The molecule has 0 bridgehead atoms. The zero-order valence-corrected chi connectivity index (χ0v) is 13.9. The Morgan fingerprint density at radius 1 is 1.21 bits per heavy atom. The van der Waals surface area contributed by atoms with Gasteiger partial charge >= 0.3 is 5.97 Å². The van der Waals surface area contributed by atoms with Crippen LogP contribution in [-0.2, 0) is 11.8 Å². The molecule has 0 unspecified atom stereocenters. The van der Waals surface area contributed by atoms with E-state index in [4.69, 9.17) is 4.74 Å². The van der Waals surface area contributed by atoms with Gasteiger partial charge in [-0.05, 0) is 25.5 Å². The average Bonchev–Trinajstić information content (AvgIpc) is 2.59. The van der Waals surface area contributed by atoms with Gasteiger partial charge in [0.15, 0.2) is 0 Å². The molecular formula is C19H18N2O3. The molecule has 0 N–H and O–H groups in total. The number of rotatable bonds is 3. The summed E-state index contributed by atoms with van der Waals surface area (Å²) < 4.78 is 6.50. The van der Waals surface area contributed by atoms with Crippen LogP contribution >= 0.6 is 0 Å². The fourth-order valence-corrected chi connectivity index (χ4v) is 2.78. The second-order valence-corrected chi connectivity index (χ2v) is 5.57. The Bertz CT molecular complexity index is 972. The van der Waals surface area contributed by atoms with Crippen LogP contribution in [0.3, 0.4) is 0 Å². The number of ether oxygens (including phenoxy) is 1. The lowest BCUT2D eigenvalue weighted by Crippen LogP contribution is -2.26. The molecule has 0 amide bonds. The van der Waals surface area contributed by atoms with E-state index in [1.165, 1.54) is 4.57 Å². The van der Waals surface area contributed by atoms with Crippen LogP contribution in [0, 0.1) is 6.92 Å². The highest BCUT2D eigenvalue weighted by atomic mass is 16.5. The first-order valence-electron chi connectivity index (χ1n) is 7.76. The predicted molar refractivity (Wildman–Crippen MR) is 93.1 cm³/mol. The molecule has 24 heavy (non-hydrogen) atoms. The molecule has 0 spiro atoms. The van der Waals surface area contributed by atoms with Gasteiger partial charge in [-0.25, -0.2) is 4.79 Å². The Hall–Kier alpha value is -2.95. The van der Waals surface area contributed by atoms with Gasteiger partial charge in [-0.2, -0.15) is 0 Å². The van der Waals surface area contributed by atoms with E-state index in [1.54, 1.807) is 26.2 Å². The standard InChI is InChI=1S/C19H18N2O3/c1-4-24-19(23)17-15(13-9-7-12(2)8-10-13)14-6-5-11-20-16(14)18(22)21(17)3/h5-11H,4H2,1-3H3. The molecule has 5 heteroatoms. The Balaban J connectivity index is 2.45. The largest absolute Gasteiger partial charge is 0.461 e. The fraction of sp³-hybridized carbons (Fsp3) is 0.211. The van der Waals surface area contributed by atoms with E-state index in [0.29, 0.717) is 16.5 Å². The zero-order chi connectivity index (χ0) is 17.3. The third kappa shape index (κ3) is 2.58. The number of hydrogen-bond acceptors (Lipinski definition) is 4. The van der Waals surface area contributed by atoms with Crippen LogP contribution in [-0.4, -0.2) is 22.1 Å². The zero-order valence-electron chi connectivity index (χ0n) is 13.9. The van der Waals surface area contributed by atoms with Crippen molar-refractivity contribution in [3.8, 4) is 11.1 Å². The SMILES string of the molecule is CCOC(=O)c1c(-c2ccc(C)cc2)c2cccnc2c(=O)n1C. The topological polar surface area (TPSA) is 61.2 Å². The number of aryl methyl sites for hydroxylation is 1. The lowest BCUT2D eigenvalue weighted by atomic mass is 9.98. The summed E-state index contributed by atoms with van der Waals surface area (Å²) in [4.78, 5) is 29.3. The minimum Gasteiger partial charge on any atom is -0.461 e. The number of pyridine rings is 2. The Labute approximate surface area is 139 Å². The lowest BCUT2D eigenvalue weighted by molar-refractivity contribution is 0.0515. The van der Waals surface area contributed by atoms with E-state index < -0.39 is 5.97 Å². The summed E-state index contributed by atoms with van der Waals surface area (Å²) in [5, 5.41) is 0.646. The Kier molecular flexibility index (Phi) is 4.16. The van der Waals surface area contributed by atoms with Crippen molar-refractivity contribution in [1.29, 1.82) is 0 Å². The molecular weight excluding hydrogens is 304 g/mol. The summed E-state index contributed by atoms with van der Waals surface area (Å²) >= 11 is 0. The van der Waals surface area contributed by atoms with E-state index in [2.05, 4.69) is 4.98 Å². The third-order valence-electron chi connectivity index (χ3n) is 3.97. The number of hydrogen-bond donors (Lipinski definition) is 0. The molecule has 2 heterocycles. The van der Waals surface area contributed by atoms with Crippen LogP contribution in [0.1, 0.15) is 23.0 Å². The van der Waals surface area contributed by atoms with Gasteiger partial charge in [0.05, 0.1) is 6.61 Å². The van der Waals surface area contributed by atoms with E-state index >= 15 is 0 Å². The monoisotopic (exact) mass is 322 g/mol. The number of aromatic nitrogens is 2. The Morgan fingerprint density at radius 3 is 2.58 bits per heavy atom. The fourth-order valence-electron chi connectivity index (χ4n) is 2.78. The van der Waals surface area contributed by atoms with Crippen LogP contribution in [0.15, 0.2) is 47.4 Å². The maximum Gasteiger partial charge on any atom is 0.355 e. The highest BCUT2D eigenvalue weighted by Gasteiger charge is 2.23. The van der Waals surface area contributed by atoms with E-state index in [1.807, 2.05) is 37.3 Å². The maximum atomic E-state index is 12.6. The smallest absolute Gasteiger partial charge is 0.355 e. The molecule has 5 nitrogen and oxygen atoms in total. The van der Waals surface area contributed by atoms with Crippen LogP contribution in [0.2, 0.25) is 0 Å². The van der Waals surface area contributed by atoms with Gasteiger partial charge in [0, 0.05) is 24.2 Å². The van der Waals surface area contributed by atoms with Gasteiger partial charge in [0.25, 0.3) is 5.56 Å². The second-order valence-electron chi connectivity index (χ2n) is 5.57. The minimum atomic E-state index is -0.515. The van der Waals surface area contributed by atoms with E-state index in [9.17, 15) is 9.59 Å². The number of benzene rings is 1. The van der Waals surface area contributed by atoms with Gasteiger partial charge < -0.3 is 9.30 Å². The Morgan fingerprint density at radius 2 is 1.92 bits per heavy atom. The van der Waals surface area contributed by atoms with Crippen molar-refractivity contribution < 1.29 is 9.53 Å². The maximum absolute atomic E-state index is 12.6. The van der Waals surface area contributed by atoms with Crippen molar-refractivity contribution in [3.63, 3.8) is 0 Å². The molecule has 0 saturated heterocycles. The highest BCUT2D eigenvalue weighted by Crippen LogP contribution is 2.30. The van der Waals surface area contributed by atoms with Crippen LogP contribution in [0.4, 0.5) is 0 Å². The average molecular weight is 322 g/mol. The lowest BCUT2D eigenvalue weighted by Gasteiger charge is -2.16. The molecule has 0 aliphatic carbocycles. The molecule has 3 rings (SSSR count). The van der Waals surface area contributed by atoms with Gasteiger partial charge in [0.2, 0.25) is 0 Å². The molecule has 0 saturated carbocycles. The number of nitrogens with zero attached hydrogens (tertiary/aromatic N) is 2. The first-order chi connectivity index (χ1) is 11.5. The molecule has 1 aromatic carbocycles. The summed E-state index contributed by atoms with van der Waals surface area (Å²) in [6.45, 7) is 3.98. The molecule has 0 atom stereocenters. The third-order valence-corrected chi connectivity index (χ3v) is 3.97. The van der Waals surface area contributed by atoms with Crippen LogP contribution in [0.5, 0.6) is 0 Å². The van der Waals surface area contributed by atoms with Crippen LogP contribution < -0.4 is 5.56 Å². The van der Waals surface area contributed by atoms with Gasteiger partial charge in [-0.3, -0.25) is 9.78 Å². The van der Waals surface area contributed by atoms with Gasteiger partial charge in [-0.15, -0.1) is 0 Å². The second kappa shape index (κ2) is 6.28. The number of esters is 1. The summed E-state index contributed by atoms with van der Waals surface area (Å²) in [7, 11) is 1.57. The summed E-state index contributed by atoms with van der Waals surface area (Å²) in [6, 6.07) is 11.4. The van der Waals surface area contributed by atoms with Crippen LogP contribution in [0.25, 0.3) is 22.0 Å². The normalized spacial score (nSPS) is 10.8. The summed E-state index contributed by atoms with van der Waals surface area (Å²) in [5.41, 5.74) is 2.89. The van der Waals surface area contributed by atoms with Crippen molar-refractivity contribution in [1.82, 2.24) is 9.55 Å². The van der Waals surface area contributed by atoms with Crippen molar-refractivity contribution in [2.75, 3.05) is 6.61 Å². The first-order valence-corrected chi connectivity index (χ1v) is 7.76. The molecule has 3 aromatic rings. The van der Waals surface area contributed by atoms with Crippen molar-refractivity contribution in [3.05, 3.63) is 64.2 Å². The van der Waals surface area contributed by atoms with Crippen molar-refractivity contribution in [2.24, 2.45) is 7.05 Å². The summed E-state index contributed by atoms with van der Waals surface area (Å²) in [6.07, 6.45) is 1.58. The minimum absolute atomic E-state index is 0.242. The molecule has 0 aliphatic heterocycles. The molecule has 122 valence electrons. The highest BCUT2D eigenvalue weighted by molar-refractivity contribution is 6.05. The van der Waals surface area contributed by atoms with Crippen molar-refractivity contribution >= 4 is 16.9 Å². The molecule has 0 radical (unpaired) electrons. The molecule has 0 fully saturated rings. The molecule has 0 aliphatic rings. The number of fused-ring (bicyclic) bond motifs is 1. The van der Waals surface area contributed by atoms with E-state index in [0.717, 1.165) is 11.1 Å².